The standard InChI is InChI=1S/C22H30ClN5O/c1-15-10-16(2)26-19(11-15)25-14-22(8-6-5-7-9-22)27-21(29)18-12-17(23)13-24-20(18)28(3)4/h10-13H,5-9,14H2,1-4H3,(H,25,26)(H,27,29). The minimum Gasteiger partial charge on any atom is -0.368 e. The first-order valence-electron chi connectivity index (χ1n) is 10.1. The highest BCUT2D eigenvalue weighted by molar-refractivity contribution is 6.31. The van der Waals surface area contributed by atoms with E-state index in [9.17, 15) is 4.79 Å². The Hall–Kier alpha value is -2.34. The molecule has 0 saturated heterocycles. The molecular formula is C22H30ClN5O. The summed E-state index contributed by atoms with van der Waals surface area (Å²) in [7, 11) is 3.74. The van der Waals surface area contributed by atoms with Crippen molar-refractivity contribution in [3.05, 3.63) is 46.2 Å². The molecule has 1 aliphatic carbocycles. The van der Waals surface area contributed by atoms with Gasteiger partial charge in [-0.2, -0.15) is 0 Å². The number of aryl methyl sites for hydroxylation is 2. The van der Waals surface area contributed by atoms with E-state index in [-0.39, 0.29) is 11.4 Å². The van der Waals surface area contributed by atoms with Crippen molar-refractivity contribution in [2.24, 2.45) is 0 Å². The van der Waals surface area contributed by atoms with Crippen LogP contribution >= 0.6 is 11.6 Å². The zero-order valence-corrected chi connectivity index (χ0v) is 18.4. The third kappa shape index (κ3) is 5.38. The van der Waals surface area contributed by atoms with Gasteiger partial charge in [-0.05, 0) is 50.5 Å². The lowest BCUT2D eigenvalue weighted by molar-refractivity contribution is 0.0878. The molecule has 1 amide bonds. The number of halogens is 1. The number of hydrogen-bond donors (Lipinski definition) is 2. The molecule has 1 fully saturated rings. The zero-order valence-electron chi connectivity index (χ0n) is 17.7. The van der Waals surface area contributed by atoms with Crippen LogP contribution in [-0.4, -0.2) is 42.1 Å². The van der Waals surface area contributed by atoms with Gasteiger partial charge < -0.3 is 15.5 Å². The molecule has 0 atom stereocenters. The lowest BCUT2D eigenvalue weighted by Gasteiger charge is -2.38. The molecule has 6 nitrogen and oxygen atoms in total. The molecule has 156 valence electrons. The molecule has 29 heavy (non-hydrogen) atoms. The van der Waals surface area contributed by atoms with Gasteiger partial charge in [0.05, 0.1) is 16.1 Å². The molecule has 0 spiro atoms. The first kappa shape index (κ1) is 21.4. The molecule has 2 heterocycles. The average molecular weight is 416 g/mol. The van der Waals surface area contributed by atoms with Gasteiger partial charge in [-0.1, -0.05) is 30.9 Å². The molecule has 0 aliphatic heterocycles. The predicted octanol–water partition coefficient (Wildman–Crippen LogP) is 4.36. The molecule has 2 N–H and O–H groups in total. The highest BCUT2D eigenvalue weighted by Crippen LogP contribution is 2.30. The Labute approximate surface area is 178 Å². The average Bonchev–Trinajstić information content (AvgIpc) is 2.66. The van der Waals surface area contributed by atoms with Crippen LogP contribution in [0.4, 0.5) is 11.6 Å². The summed E-state index contributed by atoms with van der Waals surface area (Å²) >= 11 is 6.13. The van der Waals surface area contributed by atoms with E-state index in [1.165, 1.54) is 12.0 Å². The number of anilines is 2. The van der Waals surface area contributed by atoms with Crippen LogP contribution in [0.3, 0.4) is 0 Å². The van der Waals surface area contributed by atoms with E-state index >= 15 is 0 Å². The highest BCUT2D eigenvalue weighted by Gasteiger charge is 2.34. The highest BCUT2D eigenvalue weighted by atomic mass is 35.5. The van der Waals surface area contributed by atoms with Crippen molar-refractivity contribution in [3.63, 3.8) is 0 Å². The van der Waals surface area contributed by atoms with E-state index < -0.39 is 0 Å². The molecular weight excluding hydrogens is 386 g/mol. The fourth-order valence-corrected chi connectivity index (χ4v) is 4.19. The maximum atomic E-state index is 13.2. The van der Waals surface area contributed by atoms with Crippen molar-refractivity contribution < 1.29 is 4.79 Å². The summed E-state index contributed by atoms with van der Waals surface area (Å²) in [5.74, 6) is 1.32. The van der Waals surface area contributed by atoms with E-state index in [0.29, 0.717) is 22.9 Å². The third-order valence-corrected chi connectivity index (χ3v) is 5.60. The Morgan fingerprint density at radius 3 is 2.55 bits per heavy atom. The number of nitrogens with one attached hydrogen (secondary N) is 2. The summed E-state index contributed by atoms with van der Waals surface area (Å²) in [5, 5.41) is 7.24. The largest absolute Gasteiger partial charge is 0.368 e. The zero-order chi connectivity index (χ0) is 21.0. The number of rotatable bonds is 6. The van der Waals surface area contributed by atoms with Crippen molar-refractivity contribution in [1.82, 2.24) is 15.3 Å². The van der Waals surface area contributed by atoms with Crippen LogP contribution in [0.2, 0.25) is 5.02 Å². The molecule has 0 bridgehead atoms. The van der Waals surface area contributed by atoms with E-state index in [4.69, 9.17) is 11.6 Å². The molecule has 1 aliphatic rings. The Kier molecular flexibility index (Phi) is 6.63. The Balaban J connectivity index is 1.82. The second-order valence-corrected chi connectivity index (χ2v) is 8.68. The van der Waals surface area contributed by atoms with Crippen molar-refractivity contribution in [1.29, 1.82) is 0 Å². The number of carbonyl (C=O) groups excluding carboxylic acids is 1. The monoisotopic (exact) mass is 415 g/mol. The van der Waals surface area contributed by atoms with Crippen LogP contribution in [-0.2, 0) is 0 Å². The first-order chi connectivity index (χ1) is 13.8. The molecule has 1 saturated carbocycles. The van der Waals surface area contributed by atoms with Crippen LogP contribution in [0.1, 0.15) is 53.7 Å². The van der Waals surface area contributed by atoms with Gasteiger partial charge in [0.2, 0.25) is 0 Å². The first-order valence-corrected chi connectivity index (χ1v) is 10.5. The predicted molar refractivity (Wildman–Crippen MR) is 119 cm³/mol. The van der Waals surface area contributed by atoms with Crippen molar-refractivity contribution in [3.8, 4) is 0 Å². The van der Waals surface area contributed by atoms with Gasteiger partial charge in [0.15, 0.2) is 0 Å². The number of nitrogens with zero attached hydrogens (tertiary/aromatic N) is 3. The lowest BCUT2D eigenvalue weighted by Crippen LogP contribution is -2.54. The Morgan fingerprint density at radius 2 is 1.90 bits per heavy atom. The SMILES string of the molecule is Cc1cc(C)nc(NCC2(NC(=O)c3cc(Cl)cnc3N(C)C)CCCCC2)c1. The van der Waals surface area contributed by atoms with Gasteiger partial charge in [-0.3, -0.25) is 4.79 Å². The van der Waals surface area contributed by atoms with Crippen LogP contribution in [0.15, 0.2) is 24.4 Å². The molecule has 2 aromatic rings. The smallest absolute Gasteiger partial charge is 0.255 e. The molecule has 0 unspecified atom stereocenters. The topological polar surface area (TPSA) is 70.1 Å². The second kappa shape index (κ2) is 8.99. The van der Waals surface area contributed by atoms with Gasteiger partial charge in [-0.15, -0.1) is 0 Å². The van der Waals surface area contributed by atoms with Gasteiger partial charge >= 0.3 is 0 Å². The Bertz CT molecular complexity index is 857. The normalized spacial score (nSPS) is 15.6. The number of hydrogen-bond acceptors (Lipinski definition) is 5. The van der Waals surface area contributed by atoms with Crippen LogP contribution < -0.4 is 15.5 Å². The fraction of sp³-hybridized carbons (Fsp3) is 0.500. The fourth-order valence-electron chi connectivity index (χ4n) is 4.03. The molecule has 3 rings (SSSR count). The minimum atomic E-state index is -0.319. The lowest BCUT2D eigenvalue weighted by atomic mass is 9.81. The second-order valence-electron chi connectivity index (χ2n) is 8.24. The summed E-state index contributed by atoms with van der Waals surface area (Å²) < 4.78 is 0. The van der Waals surface area contributed by atoms with E-state index in [1.54, 1.807) is 12.3 Å². The molecule has 2 aromatic heterocycles. The summed E-state index contributed by atoms with van der Waals surface area (Å²) in [6.07, 6.45) is 6.81. The van der Waals surface area contributed by atoms with E-state index in [0.717, 1.165) is 37.2 Å². The maximum Gasteiger partial charge on any atom is 0.255 e. The van der Waals surface area contributed by atoms with Gasteiger partial charge in [-0.25, -0.2) is 9.97 Å². The van der Waals surface area contributed by atoms with Crippen LogP contribution in [0, 0.1) is 13.8 Å². The molecule has 0 radical (unpaired) electrons. The maximum absolute atomic E-state index is 13.2. The van der Waals surface area contributed by atoms with Gasteiger partial charge in [0.1, 0.15) is 11.6 Å². The van der Waals surface area contributed by atoms with Crippen molar-refractivity contribution in [2.45, 2.75) is 51.5 Å². The quantitative estimate of drug-likeness (QED) is 0.733. The van der Waals surface area contributed by atoms with Crippen LogP contribution in [0.5, 0.6) is 0 Å². The third-order valence-electron chi connectivity index (χ3n) is 5.40. The number of pyridine rings is 2. The van der Waals surface area contributed by atoms with Crippen LogP contribution in [0.25, 0.3) is 0 Å². The summed E-state index contributed by atoms with van der Waals surface area (Å²) in [6.45, 7) is 4.69. The number of amides is 1. The van der Waals surface area contributed by atoms with E-state index in [2.05, 4.69) is 33.6 Å². The van der Waals surface area contributed by atoms with E-state index in [1.807, 2.05) is 32.0 Å². The molecule has 7 heteroatoms. The Morgan fingerprint density at radius 1 is 1.17 bits per heavy atom. The summed E-state index contributed by atoms with van der Waals surface area (Å²) in [5.41, 5.74) is 2.33. The van der Waals surface area contributed by atoms with Gasteiger partial charge in [0.25, 0.3) is 5.91 Å². The van der Waals surface area contributed by atoms with Gasteiger partial charge in [0, 0.05) is 32.5 Å². The van der Waals surface area contributed by atoms with Crippen molar-refractivity contribution >= 4 is 29.1 Å². The van der Waals surface area contributed by atoms with Crippen molar-refractivity contribution in [2.75, 3.05) is 30.9 Å². The number of aromatic nitrogens is 2. The minimum absolute atomic E-state index is 0.138. The summed E-state index contributed by atoms with van der Waals surface area (Å²) in [4.78, 5) is 24.0. The summed E-state index contributed by atoms with van der Waals surface area (Å²) in [6, 6.07) is 5.78. The molecule has 0 aromatic carbocycles. The number of carbonyl (C=O) groups is 1.